The molecule has 3 aromatic carbocycles. The predicted octanol–water partition coefficient (Wildman–Crippen LogP) is 5.14. The normalized spacial score (nSPS) is 10.4. The number of carbonyl (C=O) groups excluding carboxylic acids is 1. The van der Waals surface area contributed by atoms with E-state index in [0.29, 0.717) is 29.7 Å². The Balaban J connectivity index is 1.55. The van der Waals surface area contributed by atoms with Crippen molar-refractivity contribution in [3.05, 3.63) is 83.4 Å². The van der Waals surface area contributed by atoms with Gasteiger partial charge in [-0.25, -0.2) is 0 Å². The molecular formula is C25H26ClNO4. The Morgan fingerprint density at radius 3 is 2.32 bits per heavy atom. The molecule has 0 saturated carbocycles. The number of rotatable bonds is 10. The summed E-state index contributed by atoms with van der Waals surface area (Å²) in [6.45, 7) is 0.558. The summed E-state index contributed by atoms with van der Waals surface area (Å²) in [5.74, 6) is 3.07. The Morgan fingerprint density at radius 1 is 0.839 bits per heavy atom. The van der Waals surface area contributed by atoms with Crippen LogP contribution >= 0.6 is 11.6 Å². The molecule has 0 aliphatic carbocycles. The lowest BCUT2D eigenvalue weighted by atomic mass is 10.1. The Morgan fingerprint density at radius 2 is 1.61 bits per heavy atom. The SMILES string of the molecule is COc1cccc(CCNC(=O)Cc2ccc(Oc3ccc(CCl)cc3)c(OC)c2)c1. The lowest BCUT2D eigenvalue weighted by Gasteiger charge is -2.12. The zero-order valence-corrected chi connectivity index (χ0v) is 18.4. The Hall–Kier alpha value is -3.18. The lowest BCUT2D eigenvalue weighted by molar-refractivity contribution is -0.120. The number of carbonyl (C=O) groups is 1. The molecule has 3 aromatic rings. The summed E-state index contributed by atoms with van der Waals surface area (Å²) in [5.41, 5.74) is 2.98. The molecule has 0 unspecified atom stereocenters. The predicted molar refractivity (Wildman–Crippen MR) is 122 cm³/mol. The number of benzene rings is 3. The third-order valence-electron chi connectivity index (χ3n) is 4.77. The van der Waals surface area contributed by atoms with E-state index in [-0.39, 0.29) is 12.3 Å². The van der Waals surface area contributed by atoms with E-state index in [0.717, 1.165) is 28.9 Å². The maximum absolute atomic E-state index is 12.3. The number of amides is 1. The number of halogens is 1. The van der Waals surface area contributed by atoms with E-state index in [1.165, 1.54) is 0 Å². The minimum absolute atomic E-state index is 0.0460. The average Bonchev–Trinajstić information content (AvgIpc) is 2.80. The molecule has 31 heavy (non-hydrogen) atoms. The first-order chi connectivity index (χ1) is 15.1. The van der Waals surface area contributed by atoms with Gasteiger partial charge >= 0.3 is 0 Å². The average molecular weight is 440 g/mol. The summed E-state index contributed by atoms with van der Waals surface area (Å²) >= 11 is 5.82. The molecule has 1 amide bonds. The van der Waals surface area contributed by atoms with Crippen LogP contribution in [0.3, 0.4) is 0 Å². The molecule has 0 spiro atoms. The van der Waals surface area contributed by atoms with E-state index in [9.17, 15) is 4.79 Å². The minimum Gasteiger partial charge on any atom is -0.497 e. The zero-order valence-electron chi connectivity index (χ0n) is 17.7. The highest BCUT2D eigenvalue weighted by Gasteiger charge is 2.10. The molecule has 162 valence electrons. The lowest BCUT2D eigenvalue weighted by Crippen LogP contribution is -2.27. The molecule has 0 aromatic heterocycles. The van der Waals surface area contributed by atoms with Gasteiger partial charge in [-0.1, -0.05) is 30.3 Å². The van der Waals surface area contributed by atoms with Crippen LogP contribution in [0.5, 0.6) is 23.0 Å². The molecule has 3 rings (SSSR count). The fraction of sp³-hybridized carbons (Fsp3) is 0.240. The van der Waals surface area contributed by atoms with E-state index in [2.05, 4.69) is 5.32 Å². The van der Waals surface area contributed by atoms with E-state index in [1.807, 2.05) is 66.7 Å². The maximum atomic E-state index is 12.3. The van der Waals surface area contributed by atoms with Crippen LogP contribution in [0, 0.1) is 0 Å². The standard InChI is InChI=1S/C25H26ClNO4/c1-29-22-5-3-4-18(14-22)12-13-27-25(28)16-20-8-11-23(24(15-20)30-2)31-21-9-6-19(17-26)7-10-21/h3-11,14-15H,12-13,16-17H2,1-2H3,(H,27,28). The fourth-order valence-electron chi connectivity index (χ4n) is 3.10. The summed E-state index contributed by atoms with van der Waals surface area (Å²) in [4.78, 5) is 12.3. The molecule has 0 heterocycles. The van der Waals surface area contributed by atoms with E-state index < -0.39 is 0 Å². The Kier molecular flexibility index (Phi) is 8.19. The molecule has 0 radical (unpaired) electrons. The van der Waals surface area contributed by atoms with Gasteiger partial charge in [0.25, 0.3) is 0 Å². The topological polar surface area (TPSA) is 56.8 Å². The molecule has 0 aliphatic rings. The van der Waals surface area contributed by atoms with E-state index in [1.54, 1.807) is 14.2 Å². The largest absolute Gasteiger partial charge is 0.497 e. The highest BCUT2D eigenvalue weighted by Crippen LogP contribution is 2.32. The fourth-order valence-corrected chi connectivity index (χ4v) is 3.28. The van der Waals surface area contributed by atoms with Gasteiger partial charge in [0, 0.05) is 12.4 Å². The van der Waals surface area contributed by atoms with Crippen LogP contribution in [-0.2, 0) is 23.5 Å². The summed E-state index contributed by atoms with van der Waals surface area (Å²) in [6, 6.07) is 20.9. The molecule has 6 heteroatoms. The summed E-state index contributed by atoms with van der Waals surface area (Å²) < 4.78 is 16.6. The van der Waals surface area contributed by atoms with Gasteiger partial charge in [0.05, 0.1) is 20.6 Å². The van der Waals surface area contributed by atoms with Crippen molar-refractivity contribution in [2.75, 3.05) is 20.8 Å². The second kappa shape index (κ2) is 11.3. The summed E-state index contributed by atoms with van der Waals surface area (Å²) in [7, 11) is 3.22. The summed E-state index contributed by atoms with van der Waals surface area (Å²) in [5, 5.41) is 2.96. The van der Waals surface area contributed by atoms with Gasteiger partial charge in [0.1, 0.15) is 11.5 Å². The van der Waals surface area contributed by atoms with Gasteiger partial charge in [0.2, 0.25) is 5.91 Å². The first kappa shape index (κ1) is 22.5. The second-order valence-electron chi connectivity index (χ2n) is 6.99. The monoisotopic (exact) mass is 439 g/mol. The van der Waals surface area contributed by atoms with Crippen LogP contribution in [-0.4, -0.2) is 26.7 Å². The van der Waals surface area contributed by atoms with Crippen LogP contribution in [0.25, 0.3) is 0 Å². The van der Waals surface area contributed by atoms with Crippen molar-refractivity contribution >= 4 is 17.5 Å². The number of hydrogen-bond donors (Lipinski definition) is 1. The third kappa shape index (κ3) is 6.66. The van der Waals surface area contributed by atoms with Crippen molar-refractivity contribution in [1.29, 1.82) is 0 Å². The van der Waals surface area contributed by atoms with Crippen molar-refractivity contribution in [1.82, 2.24) is 5.32 Å². The maximum Gasteiger partial charge on any atom is 0.224 e. The van der Waals surface area contributed by atoms with Gasteiger partial charge in [-0.15, -0.1) is 11.6 Å². The smallest absolute Gasteiger partial charge is 0.224 e. The molecule has 1 N–H and O–H groups in total. The number of methoxy groups -OCH3 is 2. The van der Waals surface area contributed by atoms with Gasteiger partial charge < -0.3 is 19.5 Å². The molecule has 0 atom stereocenters. The Bertz CT molecular complexity index is 1000. The molecule has 0 bridgehead atoms. The highest BCUT2D eigenvalue weighted by molar-refractivity contribution is 6.17. The van der Waals surface area contributed by atoms with Crippen LogP contribution in [0.1, 0.15) is 16.7 Å². The minimum atomic E-state index is -0.0460. The third-order valence-corrected chi connectivity index (χ3v) is 5.08. The van der Waals surface area contributed by atoms with Gasteiger partial charge in [-0.05, 0) is 59.5 Å². The second-order valence-corrected chi connectivity index (χ2v) is 7.26. The number of hydrogen-bond acceptors (Lipinski definition) is 4. The van der Waals surface area contributed by atoms with Gasteiger partial charge in [0.15, 0.2) is 11.5 Å². The molecular weight excluding hydrogens is 414 g/mol. The molecule has 5 nitrogen and oxygen atoms in total. The van der Waals surface area contributed by atoms with Crippen LogP contribution in [0.2, 0.25) is 0 Å². The van der Waals surface area contributed by atoms with E-state index >= 15 is 0 Å². The van der Waals surface area contributed by atoms with Crippen molar-refractivity contribution in [3.8, 4) is 23.0 Å². The van der Waals surface area contributed by atoms with Crippen LogP contribution in [0.4, 0.5) is 0 Å². The first-order valence-electron chi connectivity index (χ1n) is 10.0. The molecule has 0 saturated heterocycles. The van der Waals surface area contributed by atoms with Gasteiger partial charge in [-0.3, -0.25) is 4.79 Å². The first-order valence-corrected chi connectivity index (χ1v) is 10.5. The van der Waals surface area contributed by atoms with Crippen molar-refractivity contribution < 1.29 is 19.0 Å². The quantitative estimate of drug-likeness (QED) is 0.444. The van der Waals surface area contributed by atoms with Crippen LogP contribution in [0.15, 0.2) is 66.7 Å². The van der Waals surface area contributed by atoms with Crippen molar-refractivity contribution in [2.45, 2.75) is 18.7 Å². The van der Waals surface area contributed by atoms with E-state index in [4.69, 9.17) is 25.8 Å². The van der Waals surface area contributed by atoms with Crippen molar-refractivity contribution in [2.24, 2.45) is 0 Å². The van der Waals surface area contributed by atoms with Crippen molar-refractivity contribution in [3.63, 3.8) is 0 Å². The van der Waals surface area contributed by atoms with Crippen LogP contribution < -0.4 is 19.5 Å². The number of ether oxygens (including phenoxy) is 3. The zero-order chi connectivity index (χ0) is 22.1. The Labute approximate surface area is 187 Å². The number of alkyl halides is 1. The summed E-state index contributed by atoms with van der Waals surface area (Å²) in [6.07, 6.45) is 1.00. The highest BCUT2D eigenvalue weighted by atomic mass is 35.5. The number of nitrogens with one attached hydrogen (secondary N) is 1. The molecule has 0 aliphatic heterocycles. The molecule has 0 fully saturated rings. The van der Waals surface area contributed by atoms with Gasteiger partial charge in [-0.2, -0.15) is 0 Å².